The molecule has 1 saturated heterocycles. The third kappa shape index (κ3) is 3.71. The number of carbonyl (C=O) groups excluding carboxylic acids is 2. The number of pyridine rings is 1. The van der Waals surface area contributed by atoms with Gasteiger partial charge in [-0.1, -0.05) is 6.07 Å². The lowest BCUT2D eigenvalue weighted by molar-refractivity contribution is -0.135. The Labute approximate surface area is 161 Å². The highest BCUT2D eigenvalue weighted by molar-refractivity contribution is 5.89. The van der Waals surface area contributed by atoms with Gasteiger partial charge >= 0.3 is 0 Å². The van der Waals surface area contributed by atoms with Crippen molar-refractivity contribution in [3.63, 3.8) is 0 Å². The zero-order chi connectivity index (χ0) is 19.7. The van der Waals surface area contributed by atoms with Crippen LogP contribution in [0.3, 0.4) is 0 Å². The second-order valence-corrected chi connectivity index (χ2v) is 7.04. The molecule has 3 aromatic rings. The third-order valence-electron chi connectivity index (χ3n) is 4.90. The summed E-state index contributed by atoms with van der Waals surface area (Å²) < 4.78 is 13.3. The van der Waals surface area contributed by atoms with Gasteiger partial charge in [-0.25, -0.2) is 9.37 Å². The van der Waals surface area contributed by atoms with Crippen LogP contribution in [0.2, 0.25) is 0 Å². The quantitative estimate of drug-likeness (QED) is 0.734. The average molecular weight is 381 g/mol. The number of nitrogens with one attached hydrogen (secondary N) is 1. The van der Waals surface area contributed by atoms with Crippen LogP contribution < -0.4 is 0 Å². The molecule has 144 valence electrons. The van der Waals surface area contributed by atoms with E-state index in [1.165, 1.54) is 12.1 Å². The van der Waals surface area contributed by atoms with E-state index in [1.807, 2.05) is 18.2 Å². The summed E-state index contributed by atoms with van der Waals surface area (Å²) in [5.41, 5.74) is 2.04. The number of benzene rings is 1. The fraction of sp³-hybridized carbons (Fsp3) is 0.300. The van der Waals surface area contributed by atoms with E-state index in [4.69, 9.17) is 0 Å². The van der Waals surface area contributed by atoms with Crippen molar-refractivity contribution < 1.29 is 14.0 Å². The molecule has 1 unspecified atom stereocenters. The summed E-state index contributed by atoms with van der Waals surface area (Å²) in [4.78, 5) is 40.0. The van der Waals surface area contributed by atoms with Gasteiger partial charge in [0.25, 0.3) is 0 Å². The van der Waals surface area contributed by atoms with E-state index in [-0.39, 0.29) is 36.5 Å². The summed E-state index contributed by atoms with van der Waals surface area (Å²) in [5.74, 6) is -0.307. The fourth-order valence-electron chi connectivity index (χ4n) is 3.50. The van der Waals surface area contributed by atoms with Crippen LogP contribution in [-0.4, -0.2) is 50.2 Å². The molecule has 0 bridgehead atoms. The number of aromatic amines is 1. The maximum absolute atomic E-state index is 13.3. The van der Waals surface area contributed by atoms with E-state index in [0.29, 0.717) is 29.9 Å². The second kappa shape index (κ2) is 7.38. The minimum atomic E-state index is -0.386. The highest BCUT2D eigenvalue weighted by Gasteiger charge is 2.36. The summed E-state index contributed by atoms with van der Waals surface area (Å²) in [6.07, 6.45) is 1.88. The monoisotopic (exact) mass is 381 g/mol. The Kier molecular flexibility index (Phi) is 4.77. The van der Waals surface area contributed by atoms with Gasteiger partial charge in [-0.2, -0.15) is 0 Å². The number of aromatic nitrogens is 3. The van der Waals surface area contributed by atoms with E-state index < -0.39 is 0 Å². The molecule has 1 N–H and O–H groups in total. The molecule has 0 aliphatic carbocycles. The molecular weight excluding hydrogens is 361 g/mol. The molecular formula is C20H20FN5O2. The zero-order valence-electron chi connectivity index (χ0n) is 15.4. The maximum Gasteiger partial charge on any atom is 0.228 e. The zero-order valence-corrected chi connectivity index (χ0v) is 15.4. The van der Waals surface area contributed by atoms with Crippen LogP contribution in [0, 0.1) is 11.7 Å². The molecule has 2 aromatic heterocycles. The van der Waals surface area contributed by atoms with Gasteiger partial charge in [0, 0.05) is 26.2 Å². The maximum atomic E-state index is 13.3. The van der Waals surface area contributed by atoms with E-state index in [0.717, 1.165) is 5.69 Å². The minimum absolute atomic E-state index is 0.0448. The molecule has 28 heavy (non-hydrogen) atoms. The number of fused-ring (bicyclic) bond motifs is 1. The molecule has 0 spiro atoms. The SMILES string of the molecule is CN(Cc1nc2ccc(F)cc2[nH]1)C(=O)C1CC(=O)N(Cc2ccccn2)C1. The van der Waals surface area contributed by atoms with Crippen molar-refractivity contribution >= 4 is 22.8 Å². The van der Waals surface area contributed by atoms with Crippen molar-refractivity contribution in [3.05, 3.63) is 59.9 Å². The van der Waals surface area contributed by atoms with Crippen LogP contribution in [0.1, 0.15) is 17.9 Å². The number of hydrogen-bond acceptors (Lipinski definition) is 4. The Hall–Kier alpha value is -3.29. The smallest absolute Gasteiger partial charge is 0.228 e. The van der Waals surface area contributed by atoms with Crippen molar-refractivity contribution in [3.8, 4) is 0 Å². The van der Waals surface area contributed by atoms with Crippen LogP contribution in [0.15, 0.2) is 42.6 Å². The number of likely N-dealkylation sites (tertiary alicyclic amines) is 1. The first-order valence-electron chi connectivity index (χ1n) is 9.06. The van der Waals surface area contributed by atoms with Crippen LogP contribution >= 0.6 is 0 Å². The number of nitrogens with zero attached hydrogens (tertiary/aromatic N) is 4. The Morgan fingerprint density at radius 2 is 2.21 bits per heavy atom. The number of hydrogen-bond donors (Lipinski definition) is 1. The lowest BCUT2D eigenvalue weighted by Gasteiger charge is -2.20. The van der Waals surface area contributed by atoms with Crippen molar-refractivity contribution in [2.45, 2.75) is 19.5 Å². The van der Waals surface area contributed by atoms with Gasteiger partial charge in [0.15, 0.2) is 0 Å². The van der Waals surface area contributed by atoms with Crippen LogP contribution in [0.4, 0.5) is 4.39 Å². The van der Waals surface area contributed by atoms with Crippen molar-refractivity contribution in [1.82, 2.24) is 24.8 Å². The van der Waals surface area contributed by atoms with Gasteiger partial charge in [0.05, 0.1) is 35.7 Å². The second-order valence-electron chi connectivity index (χ2n) is 7.04. The van der Waals surface area contributed by atoms with Crippen LogP contribution in [-0.2, 0) is 22.7 Å². The Balaban J connectivity index is 1.40. The first-order chi connectivity index (χ1) is 13.5. The molecule has 1 aliphatic rings. The molecule has 1 aliphatic heterocycles. The van der Waals surface area contributed by atoms with E-state index in [2.05, 4.69) is 15.0 Å². The van der Waals surface area contributed by atoms with Gasteiger partial charge in [0.2, 0.25) is 11.8 Å². The Morgan fingerprint density at radius 3 is 3.00 bits per heavy atom. The van der Waals surface area contributed by atoms with E-state index >= 15 is 0 Å². The van der Waals surface area contributed by atoms with Crippen molar-refractivity contribution in [2.75, 3.05) is 13.6 Å². The summed E-state index contributed by atoms with van der Waals surface area (Å²) in [6.45, 7) is 1.05. The lowest BCUT2D eigenvalue weighted by atomic mass is 10.1. The third-order valence-corrected chi connectivity index (χ3v) is 4.90. The lowest BCUT2D eigenvalue weighted by Crippen LogP contribution is -2.34. The Morgan fingerprint density at radius 1 is 1.36 bits per heavy atom. The summed E-state index contributed by atoms with van der Waals surface area (Å²) >= 11 is 0. The highest BCUT2D eigenvalue weighted by atomic mass is 19.1. The standard InChI is InChI=1S/C20H20FN5O2/c1-25(12-18-23-16-6-5-14(21)9-17(16)24-18)20(28)13-8-19(27)26(10-13)11-15-4-2-3-7-22-15/h2-7,9,13H,8,10-12H2,1H3,(H,23,24). The van der Waals surface area contributed by atoms with Gasteiger partial charge in [0.1, 0.15) is 11.6 Å². The molecule has 4 rings (SSSR count). The molecule has 1 fully saturated rings. The Bertz CT molecular complexity index is 1020. The van der Waals surface area contributed by atoms with Crippen LogP contribution in [0.25, 0.3) is 11.0 Å². The summed E-state index contributed by atoms with van der Waals surface area (Å²) in [6, 6.07) is 9.87. The fourth-order valence-corrected chi connectivity index (χ4v) is 3.50. The van der Waals surface area contributed by atoms with Gasteiger partial charge in [-0.3, -0.25) is 14.6 Å². The average Bonchev–Trinajstić information content (AvgIpc) is 3.24. The largest absolute Gasteiger partial charge is 0.340 e. The molecule has 7 nitrogen and oxygen atoms in total. The molecule has 1 atom stereocenters. The molecule has 0 radical (unpaired) electrons. The van der Waals surface area contributed by atoms with E-state index in [9.17, 15) is 14.0 Å². The predicted octanol–water partition coefficient (Wildman–Crippen LogP) is 2.10. The normalized spacial score (nSPS) is 16.7. The predicted molar refractivity (Wildman–Crippen MR) is 100 cm³/mol. The van der Waals surface area contributed by atoms with Gasteiger partial charge < -0.3 is 14.8 Å². The number of halogens is 1. The molecule has 2 amide bonds. The molecule has 3 heterocycles. The minimum Gasteiger partial charge on any atom is -0.340 e. The first kappa shape index (κ1) is 18.1. The number of carbonyl (C=O) groups is 2. The highest BCUT2D eigenvalue weighted by Crippen LogP contribution is 2.22. The van der Waals surface area contributed by atoms with E-state index in [1.54, 1.807) is 29.1 Å². The number of rotatable bonds is 5. The van der Waals surface area contributed by atoms with Crippen molar-refractivity contribution in [1.29, 1.82) is 0 Å². The molecule has 8 heteroatoms. The van der Waals surface area contributed by atoms with Crippen molar-refractivity contribution in [2.24, 2.45) is 5.92 Å². The van der Waals surface area contributed by atoms with Gasteiger partial charge in [-0.15, -0.1) is 0 Å². The number of H-pyrrole nitrogens is 1. The topological polar surface area (TPSA) is 82.2 Å². The number of amides is 2. The summed E-state index contributed by atoms with van der Waals surface area (Å²) in [7, 11) is 1.68. The molecule has 0 saturated carbocycles. The first-order valence-corrected chi connectivity index (χ1v) is 9.06. The van der Waals surface area contributed by atoms with Gasteiger partial charge in [-0.05, 0) is 30.3 Å². The van der Waals surface area contributed by atoms with Crippen LogP contribution in [0.5, 0.6) is 0 Å². The number of imidazole rings is 1. The summed E-state index contributed by atoms with van der Waals surface area (Å²) in [5, 5.41) is 0. The molecule has 1 aromatic carbocycles.